The van der Waals surface area contributed by atoms with Crippen LogP contribution in [0.4, 0.5) is 0 Å². The molecule has 0 radical (unpaired) electrons. The summed E-state index contributed by atoms with van der Waals surface area (Å²) in [5.41, 5.74) is 1.23. The zero-order chi connectivity index (χ0) is 23.4. The minimum atomic E-state index is -1.05. The zero-order valence-electron chi connectivity index (χ0n) is 19.8. The van der Waals surface area contributed by atoms with Gasteiger partial charge in [0, 0.05) is 11.1 Å². The summed E-state index contributed by atoms with van der Waals surface area (Å²) >= 11 is 0. The molecule has 0 spiro atoms. The molecule has 2 aromatic carbocycles. The topological polar surface area (TPSA) is 66.8 Å². The third kappa shape index (κ3) is 6.36. The molecule has 0 heterocycles. The highest BCUT2D eigenvalue weighted by Gasteiger charge is 2.33. The maximum Gasteiger partial charge on any atom is 0.313 e. The third-order valence-electron chi connectivity index (χ3n) is 5.44. The summed E-state index contributed by atoms with van der Waals surface area (Å²) in [6.07, 6.45) is 4.15. The number of benzene rings is 2. The first-order chi connectivity index (χ1) is 14.2. The second-order valence-corrected chi connectivity index (χ2v) is 10.5. The number of hydrogen-bond acceptors (Lipinski definition) is 3. The first kappa shape index (κ1) is 24.5. The van der Waals surface area contributed by atoms with Gasteiger partial charge < -0.3 is 14.9 Å². The molecule has 4 nitrogen and oxygen atoms in total. The number of carboxylic acid groups (broad SMARTS) is 1. The number of carboxylic acids is 1. The smallest absolute Gasteiger partial charge is 0.313 e. The second-order valence-electron chi connectivity index (χ2n) is 10.5. The third-order valence-corrected chi connectivity index (χ3v) is 5.44. The van der Waals surface area contributed by atoms with Crippen LogP contribution in [0, 0.1) is 5.41 Å². The molecule has 2 rings (SSSR count). The van der Waals surface area contributed by atoms with Gasteiger partial charge in [0.05, 0.1) is 0 Å². The molecule has 2 N–H and O–H groups in total. The maximum absolute atomic E-state index is 12.0. The first-order valence-electron chi connectivity index (χ1n) is 10.7. The Morgan fingerprint density at radius 2 is 1.45 bits per heavy atom. The summed E-state index contributed by atoms with van der Waals surface area (Å²) < 4.78 is 5.73. The fourth-order valence-electron chi connectivity index (χ4n) is 3.32. The highest BCUT2D eigenvalue weighted by atomic mass is 16.5. The highest BCUT2D eigenvalue weighted by Crippen LogP contribution is 2.40. The van der Waals surface area contributed by atoms with Crippen LogP contribution in [0.1, 0.15) is 71.6 Å². The van der Waals surface area contributed by atoms with E-state index in [4.69, 9.17) is 4.74 Å². The van der Waals surface area contributed by atoms with Crippen molar-refractivity contribution < 1.29 is 19.7 Å². The Bertz CT molecular complexity index is 895. The van der Waals surface area contributed by atoms with E-state index >= 15 is 0 Å². The molecule has 4 heteroatoms. The molecule has 0 aliphatic carbocycles. The van der Waals surface area contributed by atoms with E-state index in [1.807, 2.05) is 54.6 Å². The van der Waals surface area contributed by atoms with E-state index in [0.29, 0.717) is 17.9 Å². The summed E-state index contributed by atoms with van der Waals surface area (Å²) in [5.74, 6) is 0.0930. The number of phenols is 1. The lowest BCUT2D eigenvalue weighted by Crippen LogP contribution is -2.33. The lowest BCUT2D eigenvalue weighted by atomic mass is 9.78. The molecule has 168 valence electrons. The number of aliphatic carboxylic acids is 1. The van der Waals surface area contributed by atoms with Gasteiger partial charge in [-0.3, -0.25) is 4.79 Å². The molecule has 0 aliphatic rings. The molecule has 2 aromatic rings. The molecule has 0 aromatic heterocycles. The highest BCUT2D eigenvalue weighted by molar-refractivity contribution is 5.75. The van der Waals surface area contributed by atoms with Gasteiger partial charge in [-0.15, -0.1) is 0 Å². The summed E-state index contributed by atoms with van der Waals surface area (Å²) in [6, 6.07) is 13.2. The van der Waals surface area contributed by atoms with Gasteiger partial charge in [0.15, 0.2) is 0 Å². The normalized spacial score (nSPS) is 14.4. The number of carbonyl (C=O) groups is 1. The average molecular weight is 425 g/mol. The number of para-hydroxylation sites is 1. The molecular formula is C27H36O4. The van der Waals surface area contributed by atoms with Crippen molar-refractivity contribution in [2.45, 2.75) is 65.7 Å². The van der Waals surface area contributed by atoms with Crippen molar-refractivity contribution in [3.8, 4) is 11.5 Å². The molecule has 0 amide bonds. The van der Waals surface area contributed by atoms with E-state index in [-0.39, 0.29) is 17.4 Å². The van der Waals surface area contributed by atoms with Crippen LogP contribution < -0.4 is 4.74 Å². The van der Waals surface area contributed by atoms with E-state index < -0.39 is 11.4 Å². The van der Waals surface area contributed by atoms with Crippen molar-refractivity contribution in [2.75, 3.05) is 6.61 Å². The van der Waals surface area contributed by atoms with Crippen LogP contribution in [0.25, 0.3) is 6.08 Å². The Morgan fingerprint density at radius 3 is 1.90 bits per heavy atom. The molecular weight excluding hydrogens is 388 g/mol. The van der Waals surface area contributed by atoms with Gasteiger partial charge in [-0.25, -0.2) is 0 Å². The average Bonchev–Trinajstić information content (AvgIpc) is 2.66. The monoisotopic (exact) mass is 424 g/mol. The lowest BCUT2D eigenvalue weighted by Gasteiger charge is -2.28. The standard InChI is InChI=1S/C27H36O4/c1-25(2,3)21-16-19(17-22(23(21)28)26(4,5)6)12-11-15-27(7,24(29)30)18-31-20-13-9-8-10-14-20/h8-14,16-17,28H,15,18H2,1-7H3,(H,29,30). The van der Waals surface area contributed by atoms with Crippen molar-refractivity contribution >= 4 is 12.0 Å². The van der Waals surface area contributed by atoms with Gasteiger partial charge in [-0.1, -0.05) is 71.9 Å². The lowest BCUT2D eigenvalue weighted by molar-refractivity contribution is -0.149. The van der Waals surface area contributed by atoms with Crippen molar-refractivity contribution in [1.82, 2.24) is 0 Å². The molecule has 1 unspecified atom stereocenters. The molecule has 0 fully saturated rings. The molecule has 0 saturated heterocycles. The van der Waals surface area contributed by atoms with Gasteiger partial charge in [0.1, 0.15) is 23.5 Å². The summed E-state index contributed by atoms with van der Waals surface area (Å²) in [4.78, 5) is 12.0. The van der Waals surface area contributed by atoms with Gasteiger partial charge in [-0.05, 0) is 54.0 Å². The minimum Gasteiger partial charge on any atom is -0.507 e. The summed E-state index contributed by atoms with van der Waals surface area (Å²) in [6.45, 7) is 14.2. The van der Waals surface area contributed by atoms with E-state index in [9.17, 15) is 15.0 Å². The van der Waals surface area contributed by atoms with E-state index in [0.717, 1.165) is 16.7 Å². The number of rotatable bonds is 7. The maximum atomic E-state index is 12.0. The number of phenolic OH excluding ortho intramolecular Hbond substituents is 1. The Hall–Kier alpha value is -2.75. The molecule has 0 aliphatic heterocycles. The second kappa shape index (κ2) is 9.17. The van der Waals surface area contributed by atoms with Crippen molar-refractivity contribution in [2.24, 2.45) is 5.41 Å². The minimum absolute atomic E-state index is 0.0761. The van der Waals surface area contributed by atoms with Gasteiger partial charge >= 0.3 is 5.97 Å². The quantitative estimate of drug-likeness (QED) is 0.528. The van der Waals surface area contributed by atoms with Crippen LogP contribution in [0.15, 0.2) is 48.5 Å². The predicted octanol–water partition coefficient (Wildman–Crippen LogP) is 6.56. The van der Waals surface area contributed by atoms with E-state index in [2.05, 4.69) is 41.5 Å². The first-order valence-corrected chi connectivity index (χ1v) is 10.7. The van der Waals surface area contributed by atoms with Crippen molar-refractivity contribution in [3.63, 3.8) is 0 Å². The molecule has 1 atom stereocenters. The predicted molar refractivity (Wildman–Crippen MR) is 127 cm³/mol. The van der Waals surface area contributed by atoms with Crippen molar-refractivity contribution in [3.05, 3.63) is 65.2 Å². The summed E-state index contributed by atoms with van der Waals surface area (Å²) in [7, 11) is 0. The van der Waals surface area contributed by atoms with E-state index in [1.54, 1.807) is 6.92 Å². The molecule has 0 bridgehead atoms. The summed E-state index contributed by atoms with van der Waals surface area (Å²) in [5, 5.41) is 20.7. The molecule has 0 saturated carbocycles. The van der Waals surface area contributed by atoms with Gasteiger partial charge in [0.2, 0.25) is 0 Å². The van der Waals surface area contributed by atoms with Crippen LogP contribution in [-0.4, -0.2) is 22.8 Å². The number of allylic oxidation sites excluding steroid dienone is 1. The Kier molecular flexibility index (Phi) is 7.25. The molecule has 31 heavy (non-hydrogen) atoms. The van der Waals surface area contributed by atoms with Crippen LogP contribution in [0.2, 0.25) is 0 Å². The Labute approximate surface area is 186 Å². The van der Waals surface area contributed by atoms with Gasteiger partial charge in [-0.2, -0.15) is 0 Å². The van der Waals surface area contributed by atoms with Crippen LogP contribution >= 0.6 is 0 Å². The fourth-order valence-corrected chi connectivity index (χ4v) is 3.32. The number of ether oxygens (including phenoxy) is 1. The van der Waals surface area contributed by atoms with Crippen molar-refractivity contribution in [1.29, 1.82) is 0 Å². The fraction of sp³-hybridized carbons (Fsp3) is 0.444. The van der Waals surface area contributed by atoms with Crippen LogP contribution in [0.5, 0.6) is 11.5 Å². The Morgan fingerprint density at radius 1 is 0.935 bits per heavy atom. The zero-order valence-corrected chi connectivity index (χ0v) is 19.8. The van der Waals surface area contributed by atoms with Crippen LogP contribution in [0.3, 0.4) is 0 Å². The Balaban J connectivity index is 2.29. The van der Waals surface area contributed by atoms with E-state index in [1.165, 1.54) is 0 Å². The van der Waals surface area contributed by atoms with Crippen LogP contribution in [-0.2, 0) is 15.6 Å². The van der Waals surface area contributed by atoms with Gasteiger partial charge in [0.25, 0.3) is 0 Å². The number of aromatic hydroxyl groups is 1. The SMILES string of the molecule is CC(CC=Cc1cc(C(C)(C)C)c(O)c(C(C)(C)C)c1)(COc1ccccc1)C(=O)O. The largest absolute Gasteiger partial charge is 0.507 e. The number of hydrogen-bond donors (Lipinski definition) is 2.